The van der Waals surface area contributed by atoms with Crippen molar-refractivity contribution in [2.45, 2.75) is 51.9 Å². The third kappa shape index (κ3) is 3.79. The van der Waals surface area contributed by atoms with Gasteiger partial charge in [-0.1, -0.05) is 26.2 Å². The summed E-state index contributed by atoms with van der Waals surface area (Å²) in [5.41, 5.74) is 0. The van der Waals surface area contributed by atoms with Crippen LogP contribution in [0.2, 0.25) is 0 Å². The summed E-state index contributed by atoms with van der Waals surface area (Å²) in [6, 6.07) is 0. The summed E-state index contributed by atoms with van der Waals surface area (Å²) < 4.78 is 0. The molecule has 0 aromatic heterocycles. The molecule has 13 heavy (non-hydrogen) atoms. The molecule has 0 N–H and O–H groups in total. The molecule has 2 nitrogen and oxygen atoms in total. The predicted octanol–water partition coefficient (Wildman–Crippen LogP) is 2.58. The lowest BCUT2D eigenvalue weighted by atomic mass is 10.1. The lowest BCUT2D eigenvalue weighted by Crippen LogP contribution is -2.33. The van der Waals surface area contributed by atoms with Crippen LogP contribution in [0.4, 0.5) is 0 Å². The Kier molecular flexibility index (Phi) is 4.87. The fourth-order valence-electron chi connectivity index (χ4n) is 1.87. The molecule has 0 saturated carbocycles. The molecule has 1 aliphatic heterocycles. The highest BCUT2D eigenvalue weighted by atomic mass is 16.2. The summed E-state index contributed by atoms with van der Waals surface area (Å²) in [5.74, 6) is 0.365. The largest absolute Gasteiger partial charge is 0.343 e. The van der Waals surface area contributed by atoms with E-state index in [4.69, 9.17) is 0 Å². The Morgan fingerprint density at radius 2 is 1.62 bits per heavy atom. The Balaban J connectivity index is 2.32. The molecule has 2 heteroatoms. The zero-order valence-corrected chi connectivity index (χ0v) is 8.72. The Bertz CT molecular complexity index is 148. The molecule has 0 unspecified atom stereocenters. The number of carbonyl (C=O) groups excluding carboxylic acids is 1. The monoisotopic (exact) mass is 183 g/mol. The van der Waals surface area contributed by atoms with Gasteiger partial charge in [-0.15, -0.1) is 0 Å². The van der Waals surface area contributed by atoms with Gasteiger partial charge in [-0.25, -0.2) is 0 Å². The van der Waals surface area contributed by atoms with Gasteiger partial charge in [0.15, 0.2) is 0 Å². The van der Waals surface area contributed by atoms with Crippen LogP contribution >= 0.6 is 0 Å². The van der Waals surface area contributed by atoms with E-state index in [-0.39, 0.29) is 0 Å². The molecule has 0 atom stereocenters. The molecule has 1 saturated heterocycles. The van der Waals surface area contributed by atoms with E-state index in [9.17, 15) is 4.79 Å². The average molecular weight is 183 g/mol. The van der Waals surface area contributed by atoms with Gasteiger partial charge in [-0.2, -0.15) is 0 Å². The topological polar surface area (TPSA) is 20.3 Å². The number of hydrogen-bond acceptors (Lipinski definition) is 1. The molecule has 0 bridgehead atoms. The number of hydrogen-bond donors (Lipinski definition) is 0. The SMILES string of the molecule is CCCC(=O)N1CCCCCCC1. The number of carbonyl (C=O) groups is 1. The van der Waals surface area contributed by atoms with Crippen molar-refractivity contribution in [1.82, 2.24) is 4.90 Å². The Hall–Kier alpha value is -0.530. The smallest absolute Gasteiger partial charge is 0.222 e. The van der Waals surface area contributed by atoms with Gasteiger partial charge in [0, 0.05) is 19.5 Å². The third-order valence-electron chi connectivity index (χ3n) is 2.67. The zero-order chi connectivity index (χ0) is 9.52. The number of likely N-dealkylation sites (tertiary alicyclic amines) is 1. The maximum Gasteiger partial charge on any atom is 0.222 e. The van der Waals surface area contributed by atoms with E-state index in [1.54, 1.807) is 0 Å². The highest BCUT2D eigenvalue weighted by molar-refractivity contribution is 5.76. The highest BCUT2D eigenvalue weighted by Crippen LogP contribution is 2.11. The van der Waals surface area contributed by atoms with Gasteiger partial charge in [-0.05, 0) is 19.3 Å². The summed E-state index contributed by atoms with van der Waals surface area (Å²) in [7, 11) is 0. The Morgan fingerprint density at radius 3 is 2.15 bits per heavy atom. The second-order valence-electron chi connectivity index (χ2n) is 3.90. The first-order valence-electron chi connectivity index (χ1n) is 5.62. The molecule has 76 valence electrons. The molecule has 1 fully saturated rings. The van der Waals surface area contributed by atoms with E-state index in [2.05, 4.69) is 11.8 Å². The Labute approximate surface area is 81.3 Å². The van der Waals surface area contributed by atoms with Gasteiger partial charge in [0.2, 0.25) is 5.91 Å². The lowest BCUT2D eigenvalue weighted by Gasteiger charge is -2.24. The maximum absolute atomic E-state index is 11.6. The molecular weight excluding hydrogens is 162 g/mol. The molecule has 0 aromatic rings. The molecule has 1 rings (SSSR count). The van der Waals surface area contributed by atoms with Gasteiger partial charge in [0.05, 0.1) is 0 Å². The van der Waals surface area contributed by atoms with Crippen molar-refractivity contribution in [2.24, 2.45) is 0 Å². The maximum atomic E-state index is 11.6. The van der Waals surface area contributed by atoms with Crippen LogP contribution in [0.25, 0.3) is 0 Å². The van der Waals surface area contributed by atoms with Crippen molar-refractivity contribution >= 4 is 5.91 Å². The van der Waals surface area contributed by atoms with Gasteiger partial charge in [0.1, 0.15) is 0 Å². The summed E-state index contributed by atoms with van der Waals surface area (Å²) >= 11 is 0. The average Bonchev–Trinajstić information content (AvgIpc) is 2.03. The van der Waals surface area contributed by atoms with Crippen LogP contribution in [0, 0.1) is 0 Å². The number of amides is 1. The molecule has 0 spiro atoms. The van der Waals surface area contributed by atoms with E-state index in [0.29, 0.717) is 5.91 Å². The summed E-state index contributed by atoms with van der Waals surface area (Å²) in [5, 5.41) is 0. The van der Waals surface area contributed by atoms with Gasteiger partial charge in [-0.3, -0.25) is 4.79 Å². The van der Waals surface area contributed by atoms with Crippen molar-refractivity contribution in [1.29, 1.82) is 0 Å². The minimum Gasteiger partial charge on any atom is -0.343 e. The number of rotatable bonds is 2. The fourth-order valence-corrected chi connectivity index (χ4v) is 1.87. The minimum absolute atomic E-state index is 0.365. The van der Waals surface area contributed by atoms with Gasteiger partial charge >= 0.3 is 0 Å². The van der Waals surface area contributed by atoms with Crippen LogP contribution in [0.5, 0.6) is 0 Å². The van der Waals surface area contributed by atoms with Crippen LogP contribution < -0.4 is 0 Å². The van der Waals surface area contributed by atoms with Crippen LogP contribution in [0.3, 0.4) is 0 Å². The van der Waals surface area contributed by atoms with Crippen molar-refractivity contribution < 1.29 is 4.79 Å². The van der Waals surface area contributed by atoms with Crippen molar-refractivity contribution in [2.75, 3.05) is 13.1 Å². The van der Waals surface area contributed by atoms with Gasteiger partial charge in [0.25, 0.3) is 0 Å². The third-order valence-corrected chi connectivity index (χ3v) is 2.67. The molecular formula is C11H21NO. The fraction of sp³-hybridized carbons (Fsp3) is 0.909. The molecule has 1 aliphatic rings. The second kappa shape index (κ2) is 6.01. The zero-order valence-electron chi connectivity index (χ0n) is 8.72. The standard InChI is InChI=1S/C11H21NO/c1-2-8-11(13)12-9-6-4-3-5-7-10-12/h2-10H2,1H3. The predicted molar refractivity (Wildman–Crippen MR) is 54.6 cm³/mol. The first-order valence-corrected chi connectivity index (χ1v) is 5.62. The van der Waals surface area contributed by atoms with Crippen LogP contribution in [-0.4, -0.2) is 23.9 Å². The van der Waals surface area contributed by atoms with E-state index >= 15 is 0 Å². The van der Waals surface area contributed by atoms with Gasteiger partial charge < -0.3 is 4.90 Å². The van der Waals surface area contributed by atoms with Crippen LogP contribution in [0.15, 0.2) is 0 Å². The highest BCUT2D eigenvalue weighted by Gasteiger charge is 2.12. The van der Waals surface area contributed by atoms with E-state index in [1.165, 1.54) is 32.1 Å². The first kappa shape index (κ1) is 10.6. The lowest BCUT2D eigenvalue weighted by molar-refractivity contribution is -0.131. The molecule has 1 heterocycles. The quantitative estimate of drug-likeness (QED) is 0.644. The van der Waals surface area contributed by atoms with Crippen LogP contribution in [-0.2, 0) is 4.79 Å². The summed E-state index contributed by atoms with van der Waals surface area (Å²) in [6.45, 7) is 4.07. The van der Waals surface area contributed by atoms with E-state index < -0.39 is 0 Å². The minimum atomic E-state index is 0.365. The summed E-state index contributed by atoms with van der Waals surface area (Å²) in [6.07, 6.45) is 8.09. The second-order valence-corrected chi connectivity index (χ2v) is 3.90. The van der Waals surface area contributed by atoms with Crippen molar-refractivity contribution in [3.05, 3.63) is 0 Å². The number of nitrogens with zero attached hydrogens (tertiary/aromatic N) is 1. The van der Waals surface area contributed by atoms with E-state index in [0.717, 1.165) is 25.9 Å². The molecule has 0 aromatic carbocycles. The molecule has 0 aliphatic carbocycles. The normalized spacial score (nSPS) is 19.3. The molecule has 0 radical (unpaired) electrons. The van der Waals surface area contributed by atoms with Crippen molar-refractivity contribution in [3.63, 3.8) is 0 Å². The Morgan fingerprint density at radius 1 is 1.08 bits per heavy atom. The summed E-state index contributed by atoms with van der Waals surface area (Å²) in [4.78, 5) is 13.6. The van der Waals surface area contributed by atoms with Crippen molar-refractivity contribution in [3.8, 4) is 0 Å². The first-order chi connectivity index (χ1) is 6.34. The van der Waals surface area contributed by atoms with E-state index in [1.807, 2.05) is 0 Å². The molecule has 1 amide bonds. The van der Waals surface area contributed by atoms with Crippen LogP contribution in [0.1, 0.15) is 51.9 Å².